The van der Waals surface area contributed by atoms with Crippen molar-refractivity contribution in [3.63, 3.8) is 0 Å². The van der Waals surface area contributed by atoms with Gasteiger partial charge in [-0.15, -0.1) is 11.3 Å². The van der Waals surface area contributed by atoms with E-state index in [0.717, 1.165) is 16.8 Å². The highest BCUT2D eigenvalue weighted by Gasteiger charge is 2.27. The fourth-order valence-corrected chi connectivity index (χ4v) is 2.36. The number of hydrogen-bond acceptors (Lipinski definition) is 4. The van der Waals surface area contributed by atoms with Crippen LogP contribution in [0.15, 0.2) is 29.6 Å². The molecule has 0 spiro atoms. The van der Waals surface area contributed by atoms with Crippen LogP contribution in [0.5, 0.6) is 0 Å². The summed E-state index contributed by atoms with van der Waals surface area (Å²) in [7, 11) is 0. The summed E-state index contributed by atoms with van der Waals surface area (Å²) in [6.45, 7) is -0.967. The topological polar surface area (TPSA) is 48.1 Å². The van der Waals surface area contributed by atoms with E-state index in [0.29, 0.717) is 11.6 Å². The first kappa shape index (κ1) is 15.0. The van der Waals surface area contributed by atoms with E-state index < -0.39 is 12.8 Å². The van der Waals surface area contributed by atoms with E-state index in [1.165, 1.54) is 11.3 Å². The Morgan fingerprint density at radius 3 is 2.80 bits per heavy atom. The van der Waals surface area contributed by atoms with Gasteiger partial charge in [-0.25, -0.2) is 4.98 Å². The Bertz CT molecular complexity index is 569. The molecule has 0 amide bonds. The van der Waals surface area contributed by atoms with Crippen molar-refractivity contribution < 1.29 is 17.9 Å². The van der Waals surface area contributed by atoms with Crippen LogP contribution >= 0.6 is 11.3 Å². The SMILES string of the molecule is NCc1cccc(-c2csc(COCC(F)(F)F)n2)c1. The number of ether oxygens (including phenoxy) is 1. The third kappa shape index (κ3) is 4.29. The molecule has 0 aliphatic heterocycles. The van der Waals surface area contributed by atoms with Gasteiger partial charge in [0.1, 0.15) is 11.6 Å². The molecule has 2 rings (SSSR count). The van der Waals surface area contributed by atoms with Crippen LogP contribution < -0.4 is 5.73 Å². The minimum Gasteiger partial charge on any atom is -0.365 e. The second-order valence-electron chi connectivity index (χ2n) is 4.14. The van der Waals surface area contributed by atoms with Crippen LogP contribution in [0.2, 0.25) is 0 Å². The first-order chi connectivity index (χ1) is 9.48. The van der Waals surface area contributed by atoms with Crippen molar-refractivity contribution in [3.8, 4) is 11.3 Å². The molecule has 0 aliphatic carbocycles. The summed E-state index contributed by atoms with van der Waals surface area (Å²) in [6.07, 6.45) is -4.31. The summed E-state index contributed by atoms with van der Waals surface area (Å²) in [5.41, 5.74) is 8.15. The number of halogens is 3. The normalized spacial score (nSPS) is 11.8. The first-order valence-corrected chi connectivity index (χ1v) is 6.74. The fraction of sp³-hybridized carbons (Fsp3) is 0.308. The predicted molar refractivity (Wildman–Crippen MR) is 71.2 cm³/mol. The molecule has 1 aromatic carbocycles. The number of thiazole rings is 1. The molecule has 0 fully saturated rings. The summed E-state index contributed by atoms with van der Waals surface area (Å²) in [5, 5.41) is 2.31. The Morgan fingerprint density at radius 1 is 1.30 bits per heavy atom. The first-order valence-electron chi connectivity index (χ1n) is 5.86. The number of alkyl halides is 3. The van der Waals surface area contributed by atoms with Crippen LogP contribution in [0.1, 0.15) is 10.6 Å². The van der Waals surface area contributed by atoms with Gasteiger partial charge < -0.3 is 10.5 Å². The summed E-state index contributed by atoms with van der Waals surface area (Å²) < 4.78 is 40.5. The number of nitrogens with two attached hydrogens (primary N) is 1. The number of benzene rings is 1. The maximum absolute atomic E-state index is 12.0. The maximum Gasteiger partial charge on any atom is 0.411 e. The van der Waals surface area contributed by atoms with Gasteiger partial charge in [0.15, 0.2) is 0 Å². The van der Waals surface area contributed by atoms with Crippen molar-refractivity contribution in [1.29, 1.82) is 0 Å². The van der Waals surface area contributed by atoms with Crippen molar-refractivity contribution in [2.45, 2.75) is 19.3 Å². The quantitative estimate of drug-likeness (QED) is 0.921. The van der Waals surface area contributed by atoms with Gasteiger partial charge in [-0.05, 0) is 11.6 Å². The second kappa shape index (κ2) is 6.34. The maximum atomic E-state index is 12.0. The smallest absolute Gasteiger partial charge is 0.365 e. The molecule has 108 valence electrons. The van der Waals surface area contributed by atoms with Gasteiger partial charge in [-0.3, -0.25) is 0 Å². The molecule has 0 atom stereocenters. The van der Waals surface area contributed by atoms with Crippen LogP contribution in [0.25, 0.3) is 11.3 Å². The van der Waals surface area contributed by atoms with E-state index in [-0.39, 0.29) is 6.61 Å². The molecule has 2 N–H and O–H groups in total. The predicted octanol–water partition coefficient (Wildman–Crippen LogP) is 3.35. The third-order valence-corrected chi connectivity index (χ3v) is 3.32. The lowest BCUT2D eigenvalue weighted by atomic mass is 10.1. The molecule has 20 heavy (non-hydrogen) atoms. The van der Waals surface area contributed by atoms with Gasteiger partial charge in [0.2, 0.25) is 0 Å². The summed E-state index contributed by atoms with van der Waals surface area (Å²) in [5.74, 6) is 0. The molecule has 7 heteroatoms. The minimum absolute atomic E-state index is 0.138. The molecule has 0 radical (unpaired) electrons. The van der Waals surface area contributed by atoms with Gasteiger partial charge in [0.25, 0.3) is 0 Å². The number of aromatic nitrogens is 1. The standard InChI is InChI=1S/C13H13F3N2OS/c14-13(15,16)8-19-6-12-18-11(7-20-12)10-3-1-2-9(4-10)5-17/h1-4,7H,5-6,8,17H2. The van der Waals surface area contributed by atoms with Gasteiger partial charge in [0.05, 0.1) is 12.3 Å². The van der Waals surface area contributed by atoms with Gasteiger partial charge >= 0.3 is 6.18 Å². The van der Waals surface area contributed by atoms with Gasteiger partial charge in [-0.2, -0.15) is 13.2 Å². The highest BCUT2D eigenvalue weighted by atomic mass is 32.1. The zero-order valence-corrected chi connectivity index (χ0v) is 11.3. The van der Waals surface area contributed by atoms with E-state index >= 15 is 0 Å². The van der Waals surface area contributed by atoms with Crippen LogP contribution in [-0.4, -0.2) is 17.8 Å². The average molecular weight is 302 g/mol. The lowest BCUT2D eigenvalue weighted by Gasteiger charge is -2.05. The molecular weight excluding hydrogens is 289 g/mol. The van der Waals surface area contributed by atoms with E-state index in [9.17, 15) is 13.2 Å². The molecule has 0 aliphatic rings. The van der Waals surface area contributed by atoms with Gasteiger partial charge in [-0.1, -0.05) is 18.2 Å². The van der Waals surface area contributed by atoms with Crippen molar-refractivity contribution >= 4 is 11.3 Å². The fourth-order valence-electron chi connectivity index (χ4n) is 1.62. The number of nitrogens with zero attached hydrogens (tertiary/aromatic N) is 1. The molecule has 1 aromatic heterocycles. The molecule has 0 saturated heterocycles. The Kier molecular flexibility index (Phi) is 4.74. The van der Waals surface area contributed by atoms with Crippen LogP contribution in [0.3, 0.4) is 0 Å². The zero-order valence-electron chi connectivity index (χ0n) is 10.5. The van der Waals surface area contributed by atoms with Crippen molar-refractivity contribution in [3.05, 3.63) is 40.2 Å². The molecule has 2 aromatic rings. The highest BCUT2D eigenvalue weighted by molar-refractivity contribution is 7.09. The highest BCUT2D eigenvalue weighted by Crippen LogP contribution is 2.24. The molecule has 0 saturated carbocycles. The molecule has 3 nitrogen and oxygen atoms in total. The Morgan fingerprint density at radius 2 is 2.10 bits per heavy atom. The summed E-state index contributed by atoms with van der Waals surface area (Å²) in [4.78, 5) is 4.26. The second-order valence-corrected chi connectivity index (χ2v) is 5.08. The molecule has 0 bridgehead atoms. The number of rotatable bonds is 5. The van der Waals surface area contributed by atoms with E-state index in [4.69, 9.17) is 5.73 Å². The zero-order chi connectivity index (χ0) is 14.6. The van der Waals surface area contributed by atoms with Crippen molar-refractivity contribution in [1.82, 2.24) is 4.98 Å². The Hall–Kier alpha value is -1.44. The van der Waals surface area contributed by atoms with Crippen LogP contribution in [-0.2, 0) is 17.9 Å². The Labute approximate surface area is 118 Å². The summed E-state index contributed by atoms with van der Waals surface area (Å²) >= 11 is 1.27. The summed E-state index contributed by atoms with van der Waals surface area (Å²) in [6, 6.07) is 7.57. The number of hydrogen-bond donors (Lipinski definition) is 1. The lowest BCUT2D eigenvalue weighted by molar-refractivity contribution is -0.176. The van der Waals surface area contributed by atoms with Crippen LogP contribution in [0.4, 0.5) is 13.2 Å². The third-order valence-electron chi connectivity index (χ3n) is 2.50. The van der Waals surface area contributed by atoms with E-state index in [2.05, 4.69) is 9.72 Å². The average Bonchev–Trinajstić information content (AvgIpc) is 2.86. The lowest BCUT2D eigenvalue weighted by Crippen LogP contribution is -2.16. The van der Waals surface area contributed by atoms with E-state index in [1.54, 1.807) is 5.38 Å². The molecule has 0 unspecified atom stereocenters. The monoisotopic (exact) mass is 302 g/mol. The molecular formula is C13H13F3N2OS. The Balaban J connectivity index is 2.01. The largest absolute Gasteiger partial charge is 0.411 e. The van der Waals surface area contributed by atoms with Crippen molar-refractivity contribution in [2.75, 3.05) is 6.61 Å². The molecule has 1 heterocycles. The van der Waals surface area contributed by atoms with Gasteiger partial charge in [0, 0.05) is 17.5 Å². The van der Waals surface area contributed by atoms with Crippen molar-refractivity contribution in [2.24, 2.45) is 5.73 Å². The minimum atomic E-state index is -4.31. The van der Waals surface area contributed by atoms with Crippen LogP contribution in [0, 0.1) is 0 Å². The van der Waals surface area contributed by atoms with E-state index in [1.807, 2.05) is 24.3 Å².